The molecule has 2 atom stereocenters. The molecule has 1 aliphatic rings. The van der Waals surface area contributed by atoms with Gasteiger partial charge in [0.25, 0.3) is 0 Å². The fourth-order valence-electron chi connectivity index (χ4n) is 1.92. The Kier molecular flexibility index (Phi) is 4.94. The van der Waals surface area contributed by atoms with Crippen LogP contribution in [0.15, 0.2) is 0 Å². The molecule has 1 saturated heterocycles. The molecule has 15 heavy (non-hydrogen) atoms. The van der Waals surface area contributed by atoms with E-state index in [-0.39, 0.29) is 0 Å². The van der Waals surface area contributed by atoms with Crippen molar-refractivity contribution < 1.29 is 4.74 Å². The van der Waals surface area contributed by atoms with E-state index in [1.54, 1.807) is 0 Å². The summed E-state index contributed by atoms with van der Waals surface area (Å²) in [4.78, 5) is 2.54. The molecule has 0 aliphatic carbocycles. The van der Waals surface area contributed by atoms with Crippen molar-refractivity contribution in [2.24, 2.45) is 11.3 Å². The summed E-state index contributed by atoms with van der Waals surface area (Å²) in [6.07, 6.45) is 0. The first-order valence-electron chi connectivity index (χ1n) is 5.88. The molecule has 0 bridgehead atoms. The Morgan fingerprint density at radius 1 is 1.47 bits per heavy atom. The highest BCUT2D eigenvalue weighted by atomic mass is 32.1. The fraction of sp³-hybridized carbons (Fsp3) is 1.00. The van der Waals surface area contributed by atoms with E-state index in [0.717, 1.165) is 32.1 Å². The molecule has 0 aromatic carbocycles. The standard InChI is InChI=1S/C12H25NOS/c1-10-8-14-6-5-13(10)7-11(9-15)12(2,3)4/h10-11,15H,5-9H2,1-4H3. The van der Waals surface area contributed by atoms with Crippen LogP contribution in [0.2, 0.25) is 0 Å². The van der Waals surface area contributed by atoms with Crippen molar-refractivity contribution in [3.05, 3.63) is 0 Å². The molecule has 0 aromatic rings. The summed E-state index contributed by atoms with van der Waals surface area (Å²) < 4.78 is 5.45. The predicted molar refractivity (Wildman–Crippen MR) is 68.7 cm³/mol. The molecule has 1 heterocycles. The van der Waals surface area contributed by atoms with Crippen LogP contribution >= 0.6 is 12.6 Å². The zero-order valence-corrected chi connectivity index (χ0v) is 11.4. The van der Waals surface area contributed by atoms with Gasteiger partial charge in [-0.3, -0.25) is 4.90 Å². The maximum absolute atomic E-state index is 5.45. The lowest BCUT2D eigenvalue weighted by Gasteiger charge is -2.39. The van der Waals surface area contributed by atoms with E-state index in [2.05, 4.69) is 45.2 Å². The van der Waals surface area contributed by atoms with Gasteiger partial charge in [-0.15, -0.1) is 0 Å². The quantitative estimate of drug-likeness (QED) is 0.748. The van der Waals surface area contributed by atoms with Gasteiger partial charge in [-0.05, 0) is 24.0 Å². The number of nitrogens with zero attached hydrogens (tertiary/aromatic N) is 1. The van der Waals surface area contributed by atoms with Crippen LogP contribution in [-0.2, 0) is 4.74 Å². The topological polar surface area (TPSA) is 12.5 Å². The number of hydrogen-bond acceptors (Lipinski definition) is 3. The normalized spacial score (nSPS) is 26.6. The zero-order valence-electron chi connectivity index (χ0n) is 10.5. The molecule has 0 radical (unpaired) electrons. The van der Waals surface area contributed by atoms with Gasteiger partial charge in [0.2, 0.25) is 0 Å². The van der Waals surface area contributed by atoms with Crippen molar-refractivity contribution in [1.82, 2.24) is 4.90 Å². The Balaban J connectivity index is 2.50. The van der Waals surface area contributed by atoms with Crippen LogP contribution in [0.4, 0.5) is 0 Å². The van der Waals surface area contributed by atoms with Gasteiger partial charge in [0.05, 0.1) is 13.2 Å². The maximum Gasteiger partial charge on any atom is 0.0619 e. The lowest BCUT2D eigenvalue weighted by molar-refractivity contribution is -0.0133. The van der Waals surface area contributed by atoms with Crippen molar-refractivity contribution in [2.45, 2.75) is 33.7 Å². The fourth-order valence-corrected chi connectivity index (χ4v) is 2.58. The Morgan fingerprint density at radius 2 is 2.13 bits per heavy atom. The largest absolute Gasteiger partial charge is 0.379 e. The maximum atomic E-state index is 5.45. The SMILES string of the molecule is CC1COCCN1CC(CS)C(C)(C)C. The molecule has 0 spiro atoms. The predicted octanol–water partition coefficient (Wildman–Crippen LogP) is 2.30. The van der Waals surface area contributed by atoms with E-state index in [1.807, 2.05) is 0 Å². The van der Waals surface area contributed by atoms with Crippen LogP contribution in [-0.4, -0.2) is 43.0 Å². The second-order valence-electron chi connectivity index (χ2n) is 5.66. The summed E-state index contributed by atoms with van der Waals surface area (Å²) in [5.74, 6) is 1.62. The summed E-state index contributed by atoms with van der Waals surface area (Å²) in [5, 5.41) is 0. The molecule has 0 saturated carbocycles. The summed E-state index contributed by atoms with van der Waals surface area (Å²) in [6.45, 7) is 13.1. The van der Waals surface area contributed by atoms with Crippen molar-refractivity contribution in [1.29, 1.82) is 0 Å². The van der Waals surface area contributed by atoms with Crippen LogP contribution in [0.3, 0.4) is 0 Å². The average Bonchev–Trinajstić information content (AvgIpc) is 2.14. The van der Waals surface area contributed by atoms with Gasteiger partial charge >= 0.3 is 0 Å². The Labute approximate surface area is 99.8 Å². The van der Waals surface area contributed by atoms with Gasteiger partial charge in [0, 0.05) is 19.1 Å². The molecule has 1 rings (SSSR count). The van der Waals surface area contributed by atoms with E-state index >= 15 is 0 Å². The number of ether oxygens (including phenoxy) is 1. The van der Waals surface area contributed by atoms with Crippen molar-refractivity contribution >= 4 is 12.6 Å². The lowest BCUT2D eigenvalue weighted by Crippen LogP contribution is -2.47. The van der Waals surface area contributed by atoms with Gasteiger partial charge in [-0.2, -0.15) is 12.6 Å². The highest BCUT2D eigenvalue weighted by molar-refractivity contribution is 7.80. The third kappa shape index (κ3) is 3.97. The second kappa shape index (κ2) is 5.55. The highest BCUT2D eigenvalue weighted by Gasteiger charge is 2.28. The molecule has 1 fully saturated rings. The third-order valence-corrected chi connectivity index (χ3v) is 3.85. The van der Waals surface area contributed by atoms with Gasteiger partial charge in [0.1, 0.15) is 0 Å². The molecule has 0 amide bonds. The molecule has 90 valence electrons. The van der Waals surface area contributed by atoms with Crippen LogP contribution < -0.4 is 0 Å². The van der Waals surface area contributed by atoms with Gasteiger partial charge < -0.3 is 4.74 Å². The summed E-state index contributed by atoms with van der Waals surface area (Å²) >= 11 is 4.48. The molecule has 3 heteroatoms. The van der Waals surface area contributed by atoms with E-state index < -0.39 is 0 Å². The van der Waals surface area contributed by atoms with E-state index in [0.29, 0.717) is 17.4 Å². The van der Waals surface area contributed by atoms with Crippen molar-refractivity contribution in [2.75, 3.05) is 32.1 Å². The second-order valence-corrected chi connectivity index (χ2v) is 6.03. The first-order valence-corrected chi connectivity index (χ1v) is 6.51. The number of hydrogen-bond donors (Lipinski definition) is 1. The van der Waals surface area contributed by atoms with Crippen molar-refractivity contribution in [3.63, 3.8) is 0 Å². The van der Waals surface area contributed by atoms with Gasteiger partial charge in [-0.1, -0.05) is 20.8 Å². The lowest BCUT2D eigenvalue weighted by atomic mass is 9.81. The third-order valence-electron chi connectivity index (χ3n) is 3.41. The van der Waals surface area contributed by atoms with Gasteiger partial charge in [0.15, 0.2) is 0 Å². The van der Waals surface area contributed by atoms with E-state index in [4.69, 9.17) is 4.74 Å². The molecule has 2 unspecified atom stereocenters. The van der Waals surface area contributed by atoms with Gasteiger partial charge in [-0.25, -0.2) is 0 Å². The molecular formula is C12H25NOS. The Hall–Kier alpha value is 0.270. The first-order chi connectivity index (χ1) is 6.95. The number of thiol groups is 1. The molecular weight excluding hydrogens is 206 g/mol. The van der Waals surface area contributed by atoms with E-state index in [9.17, 15) is 0 Å². The minimum Gasteiger partial charge on any atom is -0.379 e. The van der Waals surface area contributed by atoms with Crippen molar-refractivity contribution in [3.8, 4) is 0 Å². The molecule has 0 aromatic heterocycles. The average molecular weight is 231 g/mol. The first kappa shape index (κ1) is 13.3. The summed E-state index contributed by atoms with van der Waals surface area (Å²) in [7, 11) is 0. The highest BCUT2D eigenvalue weighted by Crippen LogP contribution is 2.28. The number of morpholine rings is 1. The Morgan fingerprint density at radius 3 is 2.60 bits per heavy atom. The smallest absolute Gasteiger partial charge is 0.0619 e. The summed E-state index contributed by atoms with van der Waals surface area (Å²) in [5.41, 5.74) is 0.347. The zero-order chi connectivity index (χ0) is 11.5. The molecule has 0 N–H and O–H groups in total. The molecule has 1 aliphatic heterocycles. The van der Waals surface area contributed by atoms with Crippen LogP contribution in [0.25, 0.3) is 0 Å². The van der Waals surface area contributed by atoms with E-state index in [1.165, 1.54) is 0 Å². The van der Waals surface area contributed by atoms with Crippen LogP contribution in [0, 0.1) is 11.3 Å². The minimum absolute atomic E-state index is 0.347. The number of rotatable bonds is 3. The van der Waals surface area contributed by atoms with Crippen LogP contribution in [0.5, 0.6) is 0 Å². The minimum atomic E-state index is 0.347. The molecule has 2 nitrogen and oxygen atoms in total. The summed E-state index contributed by atoms with van der Waals surface area (Å²) in [6, 6.07) is 0.559. The monoisotopic (exact) mass is 231 g/mol. The Bertz CT molecular complexity index is 191. The van der Waals surface area contributed by atoms with Crippen LogP contribution in [0.1, 0.15) is 27.7 Å².